The summed E-state index contributed by atoms with van der Waals surface area (Å²) in [6, 6.07) is 37.0. The molecule has 4 aromatic carbocycles. The molecule has 4 aromatic rings. The molecule has 4 nitrogen and oxygen atoms in total. The predicted molar refractivity (Wildman–Crippen MR) is 173 cm³/mol. The Morgan fingerprint density at radius 1 is 0.864 bits per heavy atom. The summed E-state index contributed by atoms with van der Waals surface area (Å²) < 4.78 is 33.9. The second-order valence-corrected chi connectivity index (χ2v) is 15.4. The third-order valence-electron chi connectivity index (χ3n) is 9.47. The number of hydrogen-bond donors (Lipinski definition) is 0. The first-order chi connectivity index (χ1) is 21.2. The fourth-order valence-corrected chi connectivity index (χ4v) is 9.92. The molecule has 1 aliphatic carbocycles. The third kappa shape index (κ3) is 5.91. The van der Waals surface area contributed by atoms with E-state index in [1.165, 1.54) is 10.4 Å². The highest BCUT2D eigenvalue weighted by Gasteiger charge is 2.69. The van der Waals surface area contributed by atoms with Gasteiger partial charge >= 0.3 is 5.97 Å². The van der Waals surface area contributed by atoms with Crippen LogP contribution in [0.4, 0.5) is 4.39 Å². The van der Waals surface area contributed by atoms with Gasteiger partial charge in [-0.25, -0.2) is 9.18 Å². The molecule has 1 heterocycles. The maximum atomic E-state index is 14.1. The molecule has 1 radical (unpaired) electrons. The molecular formula is C38H40FO4Si. The normalized spacial score (nSPS) is 24.5. The monoisotopic (exact) mass is 607 g/mol. The van der Waals surface area contributed by atoms with Crippen LogP contribution in [0.1, 0.15) is 49.5 Å². The SMILES string of the molecule is CC(C)(C)C1C(CCOC(=O)c2ccccc2)C2(c3ccc(F)cc3)COC1(CO[Si](c1ccccc1)c1ccccc1)C2. The minimum absolute atomic E-state index is 0.110. The van der Waals surface area contributed by atoms with Crippen molar-refractivity contribution in [3.63, 3.8) is 0 Å². The minimum Gasteiger partial charge on any atom is -0.462 e. The van der Waals surface area contributed by atoms with E-state index >= 15 is 0 Å². The van der Waals surface area contributed by atoms with Gasteiger partial charge in [-0.15, -0.1) is 0 Å². The van der Waals surface area contributed by atoms with Gasteiger partial charge in [0, 0.05) is 5.41 Å². The lowest BCUT2D eigenvalue weighted by Gasteiger charge is -2.49. The molecule has 6 rings (SSSR count). The average molecular weight is 608 g/mol. The Hall–Kier alpha value is -3.58. The molecule has 2 bridgehead atoms. The van der Waals surface area contributed by atoms with Gasteiger partial charge in [0.15, 0.2) is 0 Å². The number of halogens is 1. The van der Waals surface area contributed by atoms with E-state index in [9.17, 15) is 9.18 Å². The third-order valence-corrected chi connectivity index (χ3v) is 11.6. The lowest BCUT2D eigenvalue weighted by Crippen LogP contribution is -2.54. The van der Waals surface area contributed by atoms with Crippen LogP contribution < -0.4 is 10.4 Å². The van der Waals surface area contributed by atoms with Crippen molar-refractivity contribution in [2.75, 3.05) is 19.8 Å². The summed E-state index contributed by atoms with van der Waals surface area (Å²) in [7, 11) is -1.55. The van der Waals surface area contributed by atoms with E-state index in [1.807, 2.05) is 42.5 Å². The van der Waals surface area contributed by atoms with Crippen LogP contribution in [-0.4, -0.2) is 40.4 Å². The molecule has 1 saturated heterocycles. The molecule has 0 spiro atoms. The van der Waals surface area contributed by atoms with Crippen molar-refractivity contribution in [1.82, 2.24) is 0 Å². The number of carbonyl (C=O) groups is 1. The molecule has 0 amide bonds. The first-order valence-corrected chi connectivity index (χ1v) is 16.9. The Morgan fingerprint density at radius 2 is 1.43 bits per heavy atom. The Balaban J connectivity index is 1.33. The fourth-order valence-electron chi connectivity index (χ4n) is 7.87. The summed E-state index contributed by atoms with van der Waals surface area (Å²) in [5, 5.41) is 2.38. The molecule has 4 atom stereocenters. The number of esters is 1. The van der Waals surface area contributed by atoms with Crippen LogP contribution in [0, 0.1) is 23.1 Å². The van der Waals surface area contributed by atoms with Crippen molar-refractivity contribution in [2.24, 2.45) is 17.3 Å². The summed E-state index contributed by atoms with van der Waals surface area (Å²) in [6.07, 6.45) is 1.45. The number of ether oxygens (including phenoxy) is 2. The Bertz CT molecular complexity index is 1500. The molecule has 44 heavy (non-hydrogen) atoms. The molecule has 6 heteroatoms. The molecule has 1 saturated carbocycles. The van der Waals surface area contributed by atoms with Gasteiger partial charge in [-0.2, -0.15) is 0 Å². The Kier molecular flexibility index (Phi) is 8.60. The summed E-state index contributed by atoms with van der Waals surface area (Å²) in [6.45, 7) is 8.08. The topological polar surface area (TPSA) is 44.8 Å². The van der Waals surface area contributed by atoms with Gasteiger partial charge in [0.2, 0.25) is 0 Å². The summed E-state index contributed by atoms with van der Waals surface area (Å²) >= 11 is 0. The van der Waals surface area contributed by atoms with Crippen molar-refractivity contribution in [2.45, 2.75) is 44.6 Å². The van der Waals surface area contributed by atoms with E-state index < -0.39 is 14.6 Å². The Morgan fingerprint density at radius 3 is 2.00 bits per heavy atom. The smallest absolute Gasteiger partial charge is 0.338 e. The first kappa shape index (κ1) is 30.4. The van der Waals surface area contributed by atoms with Gasteiger partial charge < -0.3 is 13.9 Å². The fraction of sp³-hybridized carbons (Fsp3) is 0.342. The van der Waals surface area contributed by atoms with Gasteiger partial charge in [-0.1, -0.05) is 112 Å². The highest BCUT2D eigenvalue weighted by Crippen LogP contribution is 2.65. The van der Waals surface area contributed by atoms with Gasteiger partial charge in [-0.3, -0.25) is 0 Å². The van der Waals surface area contributed by atoms with Crippen molar-refractivity contribution in [3.05, 3.63) is 132 Å². The zero-order valence-corrected chi connectivity index (χ0v) is 26.7. The van der Waals surface area contributed by atoms with Crippen LogP contribution in [0.2, 0.25) is 0 Å². The standard InChI is InChI=1S/C38H40FO4Si/c1-36(2,3)34-33(23-24-41-35(40)28-13-7-4-8-14-28)37(29-19-21-30(39)22-20-29)25-38(34,42-26-37)27-43-44(31-15-9-5-10-16-31)32-17-11-6-12-18-32/h4-22,33-34H,23-27H2,1-3H3. The highest BCUT2D eigenvalue weighted by atomic mass is 28.3. The van der Waals surface area contributed by atoms with Gasteiger partial charge in [0.05, 0.1) is 31.0 Å². The van der Waals surface area contributed by atoms with E-state index in [2.05, 4.69) is 69.3 Å². The van der Waals surface area contributed by atoms with Gasteiger partial charge in [0.1, 0.15) is 5.82 Å². The number of carbonyl (C=O) groups excluding carboxylic acids is 1. The van der Waals surface area contributed by atoms with Crippen LogP contribution in [-0.2, 0) is 19.3 Å². The van der Waals surface area contributed by atoms with Crippen LogP contribution in [0.5, 0.6) is 0 Å². The van der Waals surface area contributed by atoms with Crippen molar-refractivity contribution < 1.29 is 23.1 Å². The minimum atomic E-state index is -1.55. The molecule has 2 aliphatic rings. The van der Waals surface area contributed by atoms with E-state index in [-0.39, 0.29) is 34.5 Å². The molecule has 227 valence electrons. The highest BCUT2D eigenvalue weighted by molar-refractivity contribution is 6.80. The molecule has 2 fully saturated rings. The zero-order valence-electron chi connectivity index (χ0n) is 25.7. The molecule has 0 aromatic heterocycles. The summed E-state index contributed by atoms with van der Waals surface area (Å²) in [5.41, 5.74) is 0.599. The van der Waals surface area contributed by atoms with E-state index in [1.54, 1.807) is 24.3 Å². The lowest BCUT2D eigenvalue weighted by atomic mass is 9.62. The van der Waals surface area contributed by atoms with Crippen molar-refractivity contribution in [1.29, 1.82) is 0 Å². The van der Waals surface area contributed by atoms with Crippen LogP contribution in [0.3, 0.4) is 0 Å². The number of benzene rings is 4. The Labute approximate surface area is 261 Å². The van der Waals surface area contributed by atoms with Crippen LogP contribution in [0.25, 0.3) is 0 Å². The maximum absolute atomic E-state index is 14.1. The number of rotatable bonds is 10. The van der Waals surface area contributed by atoms with E-state index in [0.29, 0.717) is 31.8 Å². The predicted octanol–water partition coefficient (Wildman–Crippen LogP) is 6.58. The second kappa shape index (κ2) is 12.4. The quantitative estimate of drug-likeness (QED) is 0.151. The number of hydrogen-bond acceptors (Lipinski definition) is 4. The molecule has 1 aliphatic heterocycles. The summed E-state index contributed by atoms with van der Waals surface area (Å²) in [5.74, 6) is -0.323. The molecule has 0 N–H and O–H groups in total. The van der Waals surface area contributed by atoms with Crippen LogP contribution >= 0.6 is 0 Å². The average Bonchev–Trinajstić information content (AvgIpc) is 3.56. The number of fused-ring (bicyclic) bond motifs is 2. The van der Waals surface area contributed by atoms with Crippen molar-refractivity contribution in [3.8, 4) is 0 Å². The van der Waals surface area contributed by atoms with Gasteiger partial charge in [-0.05, 0) is 70.3 Å². The van der Waals surface area contributed by atoms with E-state index in [4.69, 9.17) is 13.9 Å². The van der Waals surface area contributed by atoms with E-state index in [0.717, 1.165) is 12.0 Å². The van der Waals surface area contributed by atoms with Crippen LogP contribution in [0.15, 0.2) is 115 Å². The molecule has 4 unspecified atom stereocenters. The zero-order chi connectivity index (χ0) is 30.8. The largest absolute Gasteiger partial charge is 0.462 e. The second-order valence-electron chi connectivity index (χ2n) is 13.3. The van der Waals surface area contributed by atoms with Crippen molar-refractivity contribution >= 4 is 25.4 Å². The molecular weight excluding hydrogens is 567 g/mol. The first-order valence-electron chi connectivity index (χ1n) is 15.4. The summed E-state index contributed by atoms with van der Waals surface area (Å²) in [4.78, 5) is 12.8. The maximum Gasteiger partial charge on any atom is 0.338 e. The van der Waals surface area contributed by atoms with Gasteiger partial charge in [0.25, 0.3) is 9.04 Å². The lowest BCUT2D eigenvalue weighted by molar-refractivity contribution is -0.142.